The third kappa shape index (κ3) is 2.06. The summed E-state index contributed by atoms with van der Waals surface area (Å²) in [6, 6.07) is 5.54. The Labute approximate surface area is 113 Å². The Hall–Kier alpha value is -1.62. The smallest absolute Gasteiger partial charge is 0.333 e. The van der Waals surface area contributed by atoms with Gasteiger partial charge < -0.3 is 5.11 Å². The summed E-state index contributed by atoms with van der Waals surface area (Å²) in [5.74, 6) is -1.23. The van der Waals surface area contributed by atoms with Gasteiger partial charge in [-0.3, -0.25) is 9.69 Å². The molecule has 1 heterocycles. The van der Waals surface area contributed by atoms with Crippen molar-refractivity contribution in [2.45, 2.75) is 20.3 Å². The summed E-state index contributed by atoms with van der Waals surface area (Å²) in [5.41, 5.74) is 2.32. The molecule has 0 radical (unpaired) electrons. The van der Waals surface area contributed by atoms with Crippen molar-refractivity contribution < 1.29 is 14.7 Å². The predicted molar refractivity (Wildman–Crippen MR) is 71.3 cm³/mol. The molecule has 0 unspecified atom stereocenters. The van der Waals surface area contributed by atoms with E-state index in [1.807, 2.05) is 25.1 Å². The molecule has 1 amide bonds. The van der Waals surface area contributed by atoms with E-state index < -0.39 is 5.97 Å². The van der Waals surface area contributed by atoms with Crippen LogP contribution in [-0.2, 0) is 9.59 Å². The monoisotopic (exact) mass is 309 g/mol. The molecule has 0 aliphatic carbocycles. The van der Waals surface area contributed by atoms with E-state index in [0.29, 0.717) is 5.70 Å². The van der Waals surface area contributed by atoms with Crippen molar-refractivity contribution in [3.8, 4) is 0 Å². The Balaban J connectivity index is 2.51. The highest BCUT2D eigenvalue weighted by atomic mass is 79.9. The van der Waals surface area contributed by atoms with Crippen LogP contribution in [0.5, 0.6) is 0 Å². The number of benzene rings is 1. The fourth-order valence-electron chi connectivity index (χ4n) is 2.10. The van der Waals surface area contributed by atoms with Crippen LogP contribution in [-0.4, -0.2) is 17.0 Å². The second-order valence-electron chi connectivity index (χ2n) is 4.21. The van der Waals surface area contributed by atoms with E-state index in [0.717, 1.165) is 15.7 Å². The van der Waals surface area contributed by atoms with E-state index in [2.05, 4.69) is 15.9 Å². The zero-order valence-electron chi connectivity index (χ0n) is 10.0. The summed E-state index contributed by atoms with van der Waals surface area (Å²) in [6.07, 6.45) is -0.0450. The summed E-state index contributed by atoms with van der Waals surface area (Å²) in [6.45, 7) is 3.55. The Bertz CT molecular complexity index is 578. The molecule has 4 nitrogen and oxygen atoms in total. The third-order valence-electron chi connectivity index (χ3n) is 3.01. The van der Waals surface area contributed by atoms with Crippen molar-refractivity contribution in [2.24, 2.45) is 0 Å². The number of hydrogen-bond acceptors (Lipinski definition) is 2. The van der Waals surface area contributed by atoms with E-state index in [4.69, 9.17) is 5.11 Å². The van der Waals surface area contributed by atoms with E-state index in [9.17, 15) is 9.59 Å². The first-order valence-corrected chi connectivity index (χ1v) is 6.23. The molecule has 94 valence electrons. The summed E-state index contributed by atoms with van der Waals surface area (Å²) >= 11 is 3.36. The molecule has 2 rings (SSSR count). The maximum atomic E-state index is 11.9. The van der Waals surface area contributed by atoms with Crippen LogP contribution >= 0.6 is 15.9 Å². The molecule has 0 fully saturated rings. The van der Waals surface area contributed by atoms with Crippen LogP contribution in [0, 0.1) is 6.92 Å². The Morgan fingerprint density at radius 3 is 2.56 bits per heavy atom. The highest BCUT2D eigenvalue weighted by Gasteiger charge is 2.32. The molecular weight excluding hydrogens is 298 g/mol. The number of rotatable bonds is 2. The summed E-state index contributed by atoms with van der Waals surface area (Å²) in [4.78, 5) is 24.5. The molecule has 0 saturated carbocycles. The van der Waals surface area contributed by atoms with Gasteiger partial charge in [-0.25, -0.2) is 4.79 Å². The highest BCUT2D eigenvalue weighted by molar-refractivity contribution is 9.10. The number of halogens is 1. The number of aliphatic carboxylic acids is 1. The SMILES string of the molecule is CC1=C(C(=O)O)CC(=O)N1c1ccc(Br)cc1C. The van der Waals surface area contributed by atoms with Gasteiger partial charge in [0.2, 0.25) is 5.91 Å². The zero-order valence-corrected chi connectivity index (χ0v) is 11.6. The molecule has 18 heavy (non-hydrogen) atoms. The van der Waals surface area contributed by atoms with Gasteiger partial charge in [-0.2, -0.15) is 0 Å². The standard InChI is InChI=1S/C13H12BrNO3/c1-7-5-9(14)3-4-11(7)15-8(2)10(13(17)18)6-12(15)16/h3-5H,6H2,1-2H3,(H,17,18). The lowest BCUT2D eigenvalue weighted by molar-refractivity contribution is -0.133. The fourth-order valence-corrected chi connectivity index (χ4v) is 2.57. The maximum Gasteiger partial charge on any atom is 0.333 e. The van der Waals surface area contributed by atoms with Crippen LogP contribution in [0.2, 0.25) is 0 Å². The van der Waals surface area contributed by atoms with E-state index in [1.54, 1.807) is 6.92 Å². The molecule has 1 aromatic carbocycles. The topological polar surface area (TPSA) is 57.6 Å². The van der Waals surface area contributed by atoms with Gasteiger partial charge in [0.05, 0.1) is 17.7 Å². The number of amides is 1. The first-order chi connectivity index (χ1) is 8.41. The molecule has 0 bridgehead atoms. The van der Waals surface area contributed by atoms with E-state index in [-0.39, 0.29) is 17.9 Å². The van der Waals surface area contributed by atoms with Crippen molar-refractivity contribution in [3.63, 3.8) is 0 Å². The number of allylic oxidation sites excluding steroid dienone is 1. The van der Waals surface area contributed by atoms with Crippen LogP contribution in [0.3, 0.4) is 0 Å². The quantitative estimate of drug-likeness (QED) is 0.914. The number of aryl methyl sites for hydroxylation is 1. The van der Waals surface area contributed by atoms with E-state index in [1.165, 1.54) is 4.90 Å². The number of carboxylic acids is 1. The normalized spacial score (nSPS) is 15.5. The van der Waals surface area contributed by atoms with Crippen LogP contribution in [0.1, 0.15) is 18.9 Å². The molecule has 1 aliphatic rings. The molecule has 1 aliphatic heterocycles. The van der Waals surface area contributed by atoms with Crippen molar-refractivity contribution in [2.75, 3.05) is 4.90 Å². The summed E-state index contributed by atoms with van der Waals surface area (Å²) in [7, 11) is 0. The molecule has 1 aromatic rings. The Morgan fingerprint density at radius 2 is 2.06 bits per heavy atom. The number of hydrogen-bond donors (Lipinski definition) is 1. The zero-order chi connectivity index (χ0) is 13.4. The largest absolute Gasteiger partial charge is 0.478 e. The minimum Gasteiger partial charge on any atom is -0.478 e. The number of carbonyl (C=O) groups excluding carboxylic acids is 1. The predicted octanol–water partition coefficient (Wildman–Crippen LogP) is 2.85. The lowest BCUT2D eigenvalue weighted by Gasteiger charge is -2.20. The van der Waals surface area contributed by atoms with Crippen molar-refractivity contribution in [1.29, 1.82) is 0 Å². The molecular formula is C13H12BrNO3. The average molecular weight is 310 g/mol. The first kappa shape index (κ1) is 12.8. The van der Waals surface area contributed by atoms with Crippen LogP contribution in [0.25, 0.3) is 0 Å². The van der Waals surface area contributed by atoms with Gasteiger partial charge in [0.15, 0.2) is 0 Å². The van der Waals surface area contributed by atoms with Gasteiger partial charge >= 0.3 is 5.97 Å². The fraction of sp³-hybridized carbons (Fsp3) is 0.231. The number of carbonyl (C=O) groups is 2. The lowest BCUT2D eigenvalue weighted by Crippen LogP contribution is -2.24. The van der Waals surface area contributed by atoms with Gasteiger partial charge in [-0.1, -0.05) is 15.9 Å². The summed E-state index contributed by atoms with van der Waals surface area (Å²) < 4.78 is 0.926. The summed E-state index contributed by atoms with van der Waals surface area (Å²) in [5, 5.41) is 9.04. The van der Waals surface area contributed by atoms with Gasteiger partial charge in [0.1, 0.15) is 0 Å². The van der Waals surface area contributed by atoms with Gasteiger partial charge in [0.25, 0.3) is 0 Å². The molecule has 5 heteroatoms. The molecule has 0 spiro atoms. The minimum absolute atomic E-state index is 0.0450. The van der Waals surface area contributed by atoms with E-state index >= 15 is 0 Å². The van der Waals surface area contributed by atoms with Crippen molar-refractivity contribution in [1.82, 2.24) is 0 Å². The second kappa shape index (κ2) is 4.57. The van der Waals surface area contributed by atoms with Gasteiger partial charge in [-0.15, -0.1) is 0 Å². The maximum absolute atomic E-state index is 11.9. The lowest BCUT2D eigenvalue weighted by atomic mass is 10.2. The minimum atomic E-state index is -1.03. The highest BCUT2D eigenvalue weighted by Crippen LogP contribution is 2.33. The Morgan fingerprint density at radius 1 is 1.39 bits per heavy atom. The number of anilines is 1. The molecule has 0 aromatic heterocycles. The Kier molecular flexibility index (Phi) is 3.26. The third-order valence-corrected chi connectivity index (χ3v) is 3.50. The molecule has 1 N–H and O–H groups in total. The molecule has 0 atom stereocenters. The number of nitrogens with zero attached hydrogens (tertiary/aromatic N) is 1. The van der Waals surface area contributed by atoms with Gasteiger partial charge in [0, 0.05) is 10.2 Å². The molecule has 0 saturated heterocycles. The van der Waals surface area contributed by atoms with Gasteiger partial charge in [-0.05, 0) is 37.6 Å². The van der Waals surface area contributed by atoms with Crippen LogP contribution in [0.15, 0.2) is 33.9 Å². The first-order valence-electron chi connectivity index (χ1n) is 5.44. The average Bonchev–Trinajstić information content (AvgIpc) is 2.56. The van der Waals surface area contributed by atoms with Crippen LogP contribution in [0.4, 0.5) is 5.69 Å². The number of carboxylic acid groups (broad SMARTS) is 1. The second-order valence-corrected chi connectivity index (χ2v) is 5.12. The van der Waals surface area contributed by atoms with Crippen molar-refractivity contribution >= 4 is 33.5 Å². The van der Waals surface area contributed by atoms with Crippen molar-refractivity contribution in [3.05, 3.63) is 39.5 Å². The van der Waals surface area contributed by atoms with Crippen LogP contribution < -0.4 is 4.90 Å².